The summed E-state index contributed by atoms with van der Waals surface area (Å²) in [5.41, 5.74) is 2.31. The highest BCUT2D eigenvalue weighted by Gasteiger charge is 2.59. The minimum Gasteiger partial charge on any atom is -0.393 e. The van der Waals surface area contributed by atoms with E-state index < -0.39 is 0 Å². The van der Waals surface area contributed by atoms with Crippen LogP contribution in [0.5, 0.6) is 0 Å². The average molecular weight is 288 g/mol. The number of hydrogen-bond donors (Lipinski definition) is 1. The molecule has 21 heavy (non-hydrogen) atoms. The van der Waals surface area contributed by atoms with Crippen molar-refractivity contribution in [3.8, 4) is 0 Å². The molecule has 0 aromatic carbocycles. The fourth-order valence-corrected chi connectivity index (χ4v) is 7.13. The van der Waals surface area contributed by atoms with Gasteiger partial charge < -0.3 is 5.11 Å². The van der Waals surface area contributed by atoms with E-state index in [1.165, 1.54) is 56.9 Å². The van der Waals surface area contributed by atoms with Gasteiger partial charge in [-0.2, -0.15) is 0 Å². The predicted molar refractivity (Wildman–Crippen MR) is 86.9 cm³/mol. The van der Waals surface area contributed by atoms with Gasteiger partial charge in [0, 0.05) is 0 Å². The van der Waals surface area contributed by atoms with Crippen molar-refractivity contribution in [1.29, 1.82) is 0 Å². The molecule has 1 nitrogen and oxygen atoms in total. The Morgan fingerprint density at radius 2 is 1.71 bits per heavy atom. The van der Waals surface area contributed by atoms with Crippen molar-refractivity contribution in [2.24, 2.45) is 34.5 Å². The molecule has 0 aromatic rings. The maximum atomic E-state index is 10.5. The summed E-state index contributed by atoms with van der Waals surface area (Å²) in [5.74, 6) is 3.52. The first-order valence-electron chi connectivity index (χ1n) is 9.30. The Labute approximate surface area is 130 Å². The largest absolute Gasteiger partial charge is 0.393 e. The van der Waals surface area contributed by atoms with Gasteiger partial charge in [0.2, 0.25) is 0 Å². The van der Waals surface area contributed by atoms with Crippen LogP contribution in [-0.2, 0) is 0 Å². The molecule has 4 saturated carbocycles. The molecule has 0 aliphatic heterocycles. The highest BCUT2D eigenvalue weighted by molar-refractivity contribution is 5.13. The van der Waals surface area contributed by atoms with E-state index in [-0.39, 0.29) is 11.5 Å². The summed E-state index contributed by atoms with van der Waals surface area (Å²) in [7, 11) is 0. The molecular formula is C20H32O. The monoisotopic (exact) mass is 288 g/mol. The lowest BCUT2D eigenvalue weighted by Gasteiger charge is -2.60. The van der Waals surface area contributed by atoms with Crippen molar-refractivity contribution in [1.82, 2.24) is 0 Å². The quantitative estimate of drug-likeness (QED) is 0.626. The number of allylic oxidation sites excluding steroid dienone is 1. The first kappa shape index (κ1) is 14.3. The molecule has 0 radical (unpaired) electrons. The Morgan fingerprint density at radius 3 is 2.52 bits per heavy atom. The fraction of sp³-hybridized carbons (Fsp3) is 0.900. The maximum Gasteiger partial charge on any atom is 0.0596 e. The summed E-state index contributed by atoms with van der Waals surface area (Å²) < 4.78 is 0. The Morgan fingerprint density at radius 1 is 0.952 bits per heavy atom. The van der Waals surface area contributed by atoms with Crippen LogP contribution in [0.25, 0.3) is 0 Å². The summed E-state index contributed by atoms with van der Waals surface area (Å²) in [6.07, 6.45) is 11.7. The molecule has 4 fully saturated rings. The average Bonchev–Trinajstić information content (AvgIpc) is 2.76. The highest BCUT2D eigenvalue weighted by atomic mass is 16.3. The molecule has 0 bridgehead atoms. The molecule has 0 saturated heterocycles. The molecule has 1 N–H and O–H groups in total. The molecule has 0 amide bonds. The molecule has 0 unspecified atom stereocenters. The van der Waals surface area contributed by atoms with Crippen LogP contribution in [0.4, 0.5) is 0 Å². The third-order valence-corrected chi connectivity index (χ3v) is 8.57. The first-order valence-corrected chi connectivity index (χ1v) is 9.30. The van der Waals surface area contributed by atoms with E-state index in [4.69, 9.17) is 0 Å². The Hall–Kier alpha value is -0.300. The van der Waals surface area contributed by atoms with Gasteiger partial charge in [0.1, 0.15) is 0 Å². The van der Waals surface area contributed by atoms with Crippen molar-refractivity contribution < 1.29 is 5.11 Å². The molecule has 7 atom stereocenters. The zero-order chi connectivity index (χ0) is 14.8. The van der Waals surface area contributed by atoms with E-state index in [1.807, 2.05) is 0 Å². The van der Waals surface area contributed by atoms with E-state index in [1.54, 1.807) is 0 Å². The predicted octanol–water partition coefficient (Wildman–Crippen LogP) is 4.95. The van der Waals surface area contributed by atoms with Crippen LogP contribution in [0.15, 0.2) is 12.2 Å². The lowest BCUT2D eigenvalue weighted by atomic mass is 9.45. The number of fused-ring (bicyclic) bond motifs is 5. The van der Waals surface area contributed by atoms with Crippen molar-refractivity contribution in [3.63, 3.8) is 0 Å². The highest BCUT2D eigenvalue weighted by Crippen LogP contribution is 2.66. The van der Waals surface area contributed by atoms with Gasteiger partial charge in [-0.25, -0.2) is 0 Å². The Kier molecular flexibility index (Phi) is 3.13. The van der Waals surface area contributed by atoms with Gasteiger partial charge in [-0.3, -0.25) is 0 Å². The zero-order valence-corrected chi connectivity index (χ0v) is 13.9. The number of rotatable bonds is 0. The van der Waals surface area contributed by atoms with Gasteiger partial charge >= 0.3 is 0 Å². The maximum absolute atomic E-state index is 10.5. The molecule has 4 aliphatic rings. The van der Waals surface area contributed by atoms with Gasteiger partial charge in [0.25, 0.3) is 0 Å². The van der Waals surface area contributed by atoms with Crippen LogP contribution >= 0.6 is 0 Å². The fourth-order valence-electron chi connectivity index (χ4n) is 7.13. The molecule has 0 spiro atoms. The van der Waals surface area contributed by atoms with Crippen LogP contribution in [0, 0.1) is 34.5 Å². The zero-order valence-electron chi connectivity index (χ0n) is 13.9. The summed E-state index contributed by atoms with van der Waals surface area (Å²) in [4.78, 5) is 0. The smallest absolute Gasteiger partial charge is 0.0596 e. The van der Waals surface area contributed by atoms with E-state index in [0.717, 1.165) is 30.1 Å². The summed E-state index contributed by atoms with van der Waals surface area (Å²) in [6.45, 7) is 9.28. The Bertz CT molecular complexity index is 455. The van der Waals surface area contributed by atoms with Gasteiger partial charge in [0.15, 0.2) is 0 Å². The van der Waals surface area contributed by atoms with Gasteiger partial charge in [-0.1, -0.05) is 26.0 Å². The molecular weight excluding hydrogens is 256 g/mol. The van der Waals surface area contributed by atoms with Crippen molar-refractivity contribution in [2.75, 3.05) is 0 Å². The molecule has 4 rings (SSSR count). The van der Waals surface area contributed by atoms with Crippen molar-refractivity contribution >= 4 is 0 Å². The molecule has 118 valence electrons. The number of aliphatic hydroxyl groups excluding tert-OH is 1. The minimum absolute atomic E-state index is 0.0277. The van der Waals surface area contributed by atoms with E-state index >= 15 is 0 Å². The molecule has 0 aromatic heterocycles. The van der Waals surface area contributed by atoms with Crippen LogP contribution in [0.1, 0.15) is 71.6 Å². The second-order valence-electron chi connectivity index (χ2n) is 9.25. The van der Waals surface area contributed by atoms with Crippen LogP contribution in [0.2, 0.25) is 0 Å². The van der Waals surface area contributed by atoms with Crippen LogP contribution in [0.3, 0.4) is 0 Å². The molecule has 4 aliphatic carbocycles. The Balaban J connectivity index is 1.64. The normalized spacial score (nSPS) is 56.5. The van der Waals surface area contributed by atoms with Crippen molar-refractivity contribution in [3.05, 3.63) is 12.2 Å². The lowest BCUT2D eigenvalue weighted by Crippen LogP contribution is -2.53. The van der Waals surface area contributed by atoms with E-state index in [0.29, 0.717) is 5.41 Å². The second kappa shape index (κ2) is 4.60. The topological polar surface area (TPSA) is 20.2 Å². The number of hydrogen-bond acceptors (Lipinski definition) is 1. The third-order valence-electron chi connectivity index (χ3n) is 8.57. The van der Waals surface area contributed by atoms with E-state index in [9.17, 15) is 5.11 Å². The summed E-state index contributed by atoms with van der Waals surface area (Å²) >= 11 is 0. The first-order chi connectivity index (χ1) is 9.95. The van der Waals surface area contributed by atoms with Gasteiger partial charge in [0.05, 0.1) is 6.10 Å². The molecule has 1 heteroatoms. The third kappa shape index (κ3) is 1.85. The molecule has 0 heterocycles. The van der Waals surface area contributed by atoms with E-state index in [2.05, 4.69) is 20.4 Å². The van der Waals surface area contributed by atoms with Crippen LogP contribution in [-0.4, -0.2) is 11.2 Å². The second-order valence-corrected chi connectivity index (χ2v) is 9.25. The summed E-state index contributed by atoms with van der Waals surface area (Å²) in [6, 6.07) is 0. The van der Waals surface area contributed by atoms with Gasteiger partial charge in [-0.05, 0) is 92.3 Å². The van der Waals surface area contributed by atoms with Crippen LogP contribution < -0.4 is 0 Å². The summed E-state index contributed by atoms with van der Waals surface area (Å²) in [5, 5.41) is 10.5. The number of aliphatic hydroxyl groups is 1. The van der Waals surface area contributed by atoms with Gasteiger partial charge in [-0.15, -0.1) is 0 Å². The lowest BCUT2D eigenvalue weighted by molar-refractivity contribution is -0.115. The van der Waals surface area contributed by atoms with Crippen molar-refractivity contribution in [2.45, 2.75) is 77.7 Å². The minimum atomic E-state index is -0.0277. The SMILES string of the molecule is C=C1CC[C@@]2(C)[C@@H](CC[C@@H]3[C@@H]2CC[C@]2(C)[C@@H](O)CC[C@@H]32)C1. The standard InChI is InChI=1S/C20H32O/c1-13-8-10-19(2)14(12-13)4-5-15-16-6-7-18(21)20(16,3)11-9-17(15)19/h14-18,21H,1,4-12H2,2-3H3/t14-,15-,16-,17-,18-,19-,20-/m0/s1.